The van der Waals surface area contributed by atoms with Crippen LogP contribution in [0.2, 0.25) is 0 Å². The van der Waals surface area contributed by atoms with E-state index in [0.29, 0.717) is 6.42 Å². The Morgan fingerprint density at radius 2 is 2.12 bits per heavy atom. The van der Waals surface area contributed by atoms with Gasteiger partial charge in [0, 0.05) is 12.6 Å². The third kappa shape index (κ3) is 2.97. The second-order valence-corrected chi connectivity index (χ2v) is 3.83. The number of hydrogen-bond acceptors (Lipinski definition) is 3. The number of carbonyl (C=O) groups excluding carboxylic acids is 1. The second-order valence-electron chi connectivity index (χ2n) is 3.83. The number of nitrogens with one attached hydrogen (secondary N) is 1. The van der Waals surface area contributed by atoms with Crippen molar-refractivity contribution in [1.82, 2.24) is 5.32 Å². The van der Waals surface area contributed by atoms with Crippen molar-refractivity contribution < 1.29 is 9.53 Å². The Labute approximate surface area is 102 Å². The molecule has 0 bridgehead atoms. The Bertz CT molecular complexity index is 368. The van der Waals surface area contributed by atoms with Crippen LogP contribution in [0.1, 0.15) is 17.5 Å². The number of esters is 1. The monoisotopic (exact) mass is 241 g/mol. The largest absolute Gasteiger partial charge is 0.469 e. The molecule has 0 spiro atoms. The topological polar surface area (TPSA) is 38.3 Å². The van der Waals surface area contributed by atoms with Gasteiger partial charge in [0.15, 0.2) is 0 Å². The summed E-state index contributed by atoms with van der Waals surface area (Å²) in [5, 5.41) is 3.34. The third-order valence-electron chi connectivity index (χ3n) is 2.81. The van der Waals surface area contributed by atoms with Gasteiger partial charge in [-0.1, -0.05) is 24.3 Å². The molecule has 0 amide bonds. The zero-order chi connectivity index (χ0) is 10.7. The van der Waals surface area contributed by atoms with E-state index >= 15 is 0 Å². The molecule has 0 aromatic heterocycles. The van der Waals surface area contributed by atoms with E-state index in [-0.39, 0.29) is 24.4 Å². The lowest BCUT2D eigenvalue weighted by Gasteiger charge is -2.25. The molecule has 1 aromatic carbocycles. The normalized spacial score (nSPS) is 18.2. The fraction of sp³-hybridized carbons (Fsp3) is 0.417. The average molecular weight is 242 g/mol. The van der Waals surface area contributed by atoms with Gasteiger partial charge in [-0.25, -0.2) is 0 Å². The van der Waals surface area contributed by atoms with Gasteiger partial charge in [-0.3, -0.25) is 4.79 Å². The summed E-state index contributed by atoms with van der Waals surface area (Å²) in [5.74, 6) is -0.146. The minimum atomic E-state index is -0.146. The van der Waals surface area contributed by atoms with Gasteiger partial charge in [0.2, 0.25) is 0 Å². The Hall–Kier alpha value is -1.06. The fourth-order valence-corrected chi connectivity index (χ4v) is 1.95. The molecule has 1 N–H and O–H groups in total. The molecule has 1 aliphatic rings. The quantitative estimate of drug-likeness (QED) is 0.801. The molecular weight excluding hydrogens is 226 g/mol. The van der Waals surface area contributed by atoms with Crippen LogP contribution in [0.5, 0.6) is 0 Å². The zero-order valence-electron chi connectivity index (χ0n) is 9.23. The summed E-state index contributed by atoms with van der Waals surface area (Å²) >= 11 is 0. The highest BCUT2D eigenvalue weighted by Gasteiger charge is 2.19. The summed E-state index contributed by atoms with van der Waals surface area (Å²) in [5.41, 5.74) is 2.67. The number of carbonyl (C=O) groups is 1. The first kappa shape index (κ1) is 13.0. The van der Waals surface area contributed by atoms with E-state index in [0.717, 1.165) is 13.0 Å². The van der Waals surface area contributed by atoms with Crippen molar-refractivity contribution in [1.29, 1.82) is 0 Å². The molecule has 1 aromatic rings. The van der Waals surface area contributed by atoms with E-state index in [1.165, 1.54) is 18.2 Å². The van der Waals surface area contributed by atoms with E-state index < -0.39 is 0 Å². The van der Waals surface area contributed by atoms with Crippen LogP contribution in [0.4, 0.5) is 0 Å². The van der Waals surface area contributed by atoms with Crippen LogP contribution in [0.3, 0.4) is 0 Å². The summed E-state index contributed by atoms with van der Waals surface area (Å²) in [6.07, 6.45) is 1.36. The van der Waals surface area contributed by atoms with Crippen molar-refractivity contribution in [2.75, 3.05) is 7.11 Å². The van der Waals surface area contributed by atoms with Gasteiger partial charge in [0.25, 0.3) is 0 Å². The molecule has 88 valence electrons. The first-order valence-corrected chi connectivity index (χ1v) is 5.16. The van der Waals surface area contributed by atoms with E-state index in [1.54, 1.807) is 0 Å². The molecule has 4 heteroatoms. The van der Waals surface area contributed by atoms with Crippen LogP contribution in [0, 0.1) is 0 Å². The zero-order valence-corrected chi connectivity index (χ0v) is 10.0. The van der Waals surface area contributed by atoms with E-state index in [1.807, 2.05) is 12.1 Å². The molecule has 1 atom stereocenters. The number of ether oxygens (including phenoxy) is 1. The van der Waals surface area contributed by atoms with E-state index in [2.05, 4.69) is 22.2 Å². The maximum absolute atomic E-state index is 11.1. The van der Waals surface area contributed by atoms with Gasteiger partial charge in [0.05, 0.1) is 13.5 Å². The van der Waals surface area contributed by atoms with Gasteiger partial charge in [0.1, 0.15) is 0 Å². The Morgan fingerprint density at radius 3 is 2.81 bits per heavy atom. The van der Waals surface area contributed by atoms with Crippen molar-refractivity contribution in [3.05, 3.63) is 35.4 Å². The maximum atomic E-state index is 11.1. The van der Waals surface area contributed by atoms with E-state index in [9.17, 15) is 4.79 Å². The average Bonchev–Trinajstić information content (AvgIpc) is 2.29. The van der Waals surface area contributed by atoms with Crippen LogP contribution in [-0.2, 0) is 22.5 Å². The number of fused-ring (bicyclic) bond motifs is 1. The molecule has 0 radical (unpaired) electrons. The summed E-state index contributed by atoms with van der Waals surface area (Å²) in [4.78, 5) is 11.1. The predicted octanol–water partition coefficient (Wildman–Crippen LogP) is 1.69. The van der Waals surface area contributed by atoms with Crippen molar-refractivity contribution in [2.24, 2.45) is 0 Å². The molecule has 1 heterocycles. The SMILES string of the molecule is COC(=O)C[C@@H]1Cc2ccccc2CN1.Cl. The lowest BCUT2D eigenvalue weighted by atomic mass is 9.94. The predicted molar refractivity (Wildman–Crippen MR) is 64.7 cm³/mol. The van der Waals surface area contributed by atoms with Gasteiger partial charge in [-0.2, -0.15) is 0 Å². The molecule has 0 saturated carbocycles. The number of rotatable bonds is 2. The molecule has 3 nitrogen and oxygen atoms in total. The number of hydrogen-bond donors (Lipinski definition) is 1. The smallest absolute Gasteiger partial charge is 0.307 e. The van der Waals surface area contributed by atoms with E-state index in [4.69, 9.17) is 0 Å². The Kier molecular flexibility index (Phi) is 4.77. The minimum absolute atomic E-state index is 0. The number of methoxy groups -OCH3 is 1. The van der Waals surface area contributed by atoms with Crippen LogP contribution in [0.15, 0.2) is 24.3 Å². The molecule has 1 aliphatic heterocycles. The lowest BCUT2D eigenvalue weighted by molar-refractivity contribution is -0.141. The first-order chi connectivity index (χ1) is 7.29. The maximum Gasteiger partial charge on any atom is 0.307 e. The summed E-state index contributed by atoms with van der Waals surface area (Å²) < 4.78 is 4.66. The number of benzene rings is 1. The molecule has 0 aliphatic carbocycles. The van der Waals surface area contributed by atoms with Crippen molar-refractivity contribution >= 4 is 18.4 Å². The van der Waals surface area contributed by atoms with Gasteiger partial charge in [-0.05, 0) is 17.5 Å². The van der Waals surface area contributed by atoms with Gasteiger partial charge < -0.3 is 10.1 Å². The second kappa shape index (κ2) is 5.87. The van der Waals surface area contributed by atoms with Gasteiger partial charge in [-0.15, -0.1) is 12.4 Å². The highest BCUT2D eigenvalue weighted by Crippen LogP contribution is 2.17. The van der Waals surface area contributed by atoms with Crippen LogP contribution < -0.4 is 5.32 Å². The summed E-state index contributed by atoms with van der Waals surface area (Å²) in [7, 11) is 1.43. The molecular formula is C12H16ClNO2. The van der Waals surface area contributed by atoms with Crippen molar-refractivity contribution in [3.63, 3.8) is 0 Å². The highest BCUT2D eigenvalue weighted by molar-refractivity contribution is 5.85. The third-order valence-corrected chi connectivity index (χ3v) is 2.81. The molecule has 16 heavy (non-hydrogen) atoms. The summed E-state index contributed by atoms with van der Waals surface area (Å²) in [6.45, 7) is 0.845. The van der Waals surface area contributed by atoms with Gasteiger partial charge >= 0.3 is 5.97 Å². The van der Waals surface area contributed by atoms with Crippen LogP contribution in [0.25, 0.3) is 0 Å². The highest BCUT2D eigenvalue weighted by atomic mass is 35.5. The van der Waals surface area contributed by atoms with Crippen molar-refractivity contribution in [3.8, 4) is 0 Å². The fourth-order valence-electron chi connectivity index (χ4n) is 1.95. The lowest BCUT2D eigenvalue weighted by Crippen LogP contribution is -2.37. The molecule has 2 rings (SSSR count). The Morgan fingerprint density at radius 1 is 1.44 bits per heavy atom. The molecule has 0 saturated heterocycles. The standard InChI is InChI=1S/C12H15NO2.ClH/c1-15-12(14)7-11-6-9-4-2-3-5-10(9)8-13-11;/h2-5,11,13H,6-8H2,1H3;1H/t11-;/m0./s1. The molecule has 0 unspecified atom stereocenters. The van der Waals surface area contributed by atoms with Crippen molar-refractivity contribution in [2.45, 2.75) is 25.4 Å². The summed E-state index contributed by atoms with van der Waals surface area (Å²) in [6, 6.07) is 8.55. The number of halogens is 1. The van der Waals surface area contributed by atoms with Crippen LogP contribution >= 0.6 is 12.4 Å². The van der Waals surface area contributed by atoms with Crippen LogP contribution in [-0.4, -0.2) is 19.1 Å². The Balaban J connectivity index is 0.00000128. The molecule has 0 fully saturated rings. The minimum Gasteiger partial charge on any atom is -0.469 e. The first-order valence-electron chi connectivity index (χ1n) is 5.16.